The Labute approximate surface area is 166 Å². The van der Waals surface area contributed by atoms with Crippen molar-refractivity contribution >= 4 is 11.9 Å². The summed E-state index contributed by atoms with van der Waals surface area (Å²) in [7, 11) is 0. The lowest BCUT2D eigenvalue weighted by molar-refractivity contribution is -0.133. The molecule has 0 radical (unpaired) electrons. The first kappa shape index (κ1) is 18.4. The van der Waals surface area contributed by atoms with Gasteiger partial charge in [0, 0.05) is 38.1 Å². The number of amides is 1. The SMILES string of the molecule is CCN(CC)C(=O)C1[C@H]2CN(C3CC4COCC(C3)N4c3nc(C)no3)C[C@@H]12. The van der Waals surface area contributed by atoms with Crippen LogP contribution in [0.3, 0.4) is 0 Å². The van der Waals surface area contributed by atoms with Gasteiger partial charge in [0.15, 0.2) is 5.82 Å². The zero-order chi connectivity index (χ0) is 19.4. The van der Waals surface area contributed by atoms with E-state index in [1.807, 2.05) is 11.8 Å². The molecule has 4 fully saturated rings. The van der Waals surface area contributed by atoms with E-state index in [-0.39, 0.29) is 5.92 Å². The fourth-order valence-electron chi connectivity index (χ4n) is 5.86. The fourth-order valence-corrected chi connectivity index (χ4v) is 5.86. The molecular weight excluding hydrogens is 358 g/mol. The quantitative estimate of drug-likeness (QED) is 0.748. The molecule has 3 aliphatic heterocycles. The van der Waals surface area contributed by atoms with E-state index in [2.05, 4.69) is 33.8 Å². The Morgan fingerprint density at radius 1 is 1.11 bits per heavy atom. The van der Waals surface area contributed by atoms with Crippen molar-refractivity contribution in [3.63, 3.8) is 0 Å². The standard InChI is InChI=1S/C20H31N5O3/c1-4-23(5-2)19(26)18-16-8-24(9-17(16)18)13-6-14-10-27-11-15(7-13)25(14)20-21-12(3)22-28-20/h13-18H,4-11H2,1-3H3/t13?,14?,15?,16-,17+,18?. The molecule has 1 saturated carbocycles. The predicted molar refractivity (Wildman–Crippen MR) is 103 cm³/mol. The minimum atomic E-state index is 0.278. The van der Waals surface area contributed by atoms with Gasteiger partial charge in [-0.15, -0.1) is 0 Å². The summed E-state index contributed by atoms with van der Waals surface area (Å²) >= 11 is 0. The first-order valence-electron chi connectivity index (χ1n) is 10.8. The van der Waals surface area contributed by atoms with Crippen molar-refractivity contribution in [3.8, 4) is 0 Å². The van der Waals surface area contributed by atoms with Crippen LogP contribution in [0, 0.1) is 24.7 Å². The van der Waals surface area contributed by atoms with E-state index >= 15 is 0 Å². The van der Waals surface area contributed by atoms with Crippen LogP contribution in [0.4, 0.5) is 6.01 Å². The van der Waals surface area contributed by atoms with Gasteiger partial charge in [0.1, 0.15) is 0 Å². The van der Waals surface area contributed by atoms with Crippen LogP contribution < -0.4 is 4.90 Å². The molecule has 4 heterocycles. The van der Waals surface area contributed by atoms with Crippen LogP contribution in [0.25, 0.3) is 0 Å². The maximum atomic E-state index is 12.7. The third-order valence-electron chi connectivity index (χ3n) is 7.33. The molecule has 5 atom stereocenters. The maximum absolute atomic E-state index is 12.7. The van der Waals surface area contributed by atoms with Crippen molar-refractivity contribution in [2.45, 2.75) is 51.7 Å². The average molecular weight is 390 g/mol. The van der Waals surface area contributed by atoms with E-state index in [1.54, 1.807) is 0 Å². The second kappa shape index (κ2) is 6.99. The number of hydrogen-bond donors (Lipinski definition) is 0. The topological polar surface area (TPSA) is 74.9 Å². The molecule has 1 aliphatic carbocycles. The van der Waals surface area contributed by atoms with Gasteiger partial charge >= 0.3 is 6.01 Å². The van der Waals surface area contributed by atoms with Crippen LogP contribution in [-0.4, -0.2) is 83.4 Å². The predicted octanol–water partition coefficient (Wildman–Crippen LogP) is 1.16. The third kappa shape index (κ3) is 2.92. The Balaban J connectivity index is 1.22. The summed E-state index contributed by atoms with van der Waals surface area (Å²) in [6.07, 6.45) is 2.12. The molecule has 8 nitrogen and oxygen atoms in total. The summed E-state index contributed by atoms with van der Waals surface area (Å²) in [5, 5.41) is 3.97. The largest absolute Gasteiger partial charge is 0.377 e. The Morgan fingerprint density at radius 3 is 2.29 bits per heavy atom. The number of rotatable bonds is 5. The number of nitrogens with zero attached hydrogens (tertiary/aromatic N) is 5. The van der Waals surface area contributed by atoms with Crippen molar-refractivity contribution in [3.05, 3.63) is 5.82 Å². The number of hydrogen-bond acceptors (Lipinski definition) is 7. The summed E-state index contributed by atoms with van der Waals surface area (Å²) in [6, 6.07) is 1.80. The summed E-state index contributed by atoms with van der Waals surface area (Å²) in [5.74, 6) is 2.48. The second-order valence-corrected chi connectivity index (χ2v) is 8.82. The number of morpholine rings is 1. The van der Waals surface area contributed by atoms with Gasteiger partial charge in [-0.3, -0.25) is 9.69 Å². The van der Waals surface area contributed by atoms with Crippen LogP contribution in [0.15, 0.2) is 4.52 Å². The highest BCUT2D eigenvalue weighted by atomic mass is 16.5. The van der Waals surface area contributed by atoms with Gasteiger partial charge < -0.3 is 19.1 Å². The maximum Gasteiger partial charge on any atom is 0.324 e. The number of carbonyl (C=O) groups excluding carboxylic acids is 1. The number of fused-ring (bicyclic) bond motifs is 3. The monoisotopic (exact) mass is 389 g/mol. The van der Waals surface area contributed by atoms with Crippen LogP contribution >= 0.6 is 0 Å². The molecule has 2 bridgehead atoms. The highest BCUT2D eigenvalue weighted by molar-refractivity contribution is 5.82. The first-order valence-corrected chi connectivity index (χ1v) is 10.8. The molecule has 0 spiro atoms. The molecular formula is C20H31N5O3. The molecule has 3 unspecified atom stereocenters. The van der Waals surface area contributed by atoms with E-state index in [9.17, 15) is 4.79 Å². The van der Waals surface area contributed by atoms with E-state index < -0.39 is 0 Å². The molecule has 1 aromatic rings. The normalized spacial score (nSPS) is 37.0. The minimum absolute atomic E-state index is 0.278. The lowest BCUT2D eigenvalue weighted by Crippen LogP contribution is -2.61. The molecule has 8 heteroatoms. The van der Waals surface area contributed by atoms with Crippen LogP contribution in [0.1, 0.15) is 32.5 Å². The molecule has 1 amide bonds. The van der Waals surface area contributed by atoms with Crippen molar-refractivity contribution < 1.29 is 14.1 Å². The number of aromatic nitrogens is 2. The number of piperidine rings is 2. The smallest absolute Gasteiger partial charge is 0.324 e. The molecule has 0 N–H and O–H groups in total. The van der Waals surface area contributed by atoms with Crippen molar-refractivity contribution in [2.75, 3.05) is 44.3 Å². The number of anilines is 1. The lowest BCUT2D eigenvalue weighted by atomic mass is 9.89. The number of ether oxygens (including phenoxy) is 1. The van der Waals surface area contributed by atoms with E-state index in [4.69, 9.17) is 9.26 Å². The second-order valence-electron chi connectivity index (χ2n) is 8.82. The van der Waals surface area contributed by atoms with E-state index in [1.165, 1.54) is 0 Å². The summed E-state index contributed by atoms with van der Waals surface area (Å²) in [6.45, 7) is 11.3. The molecule has 4 aliphatic rings. The zero-order valence-electron chi connectivity index (χ0n) is 17.1. The highest BCUT2D eigenvalue weighted by Gasteiger charge is 2.61. The Hall–Kier alpha value is -1.67. The third-order valence-corrected chi connectivity index (χ3v) is 7.33. The number of likely N-dealkylation sites (tertiary alicyclic amines) is 1. The Bertz CT molecular complexity index is 709. The molecule has 28 heavy (non-hydrogen) atoms. The lowest BCUT2D eigenvalue weighted by Gasteiger charge is -2.49. The molecule has 5 rings (SSSR count). The molecule has 1 aromatic heterocycles. The van der Waals surface area contributed by atoms with Gasteiger partial charge in [-0.1, -0.05) is 5.16 Å². The van der Waals surface area contributed by atoms with Crippen LogP contribution in [0.2, 0.25) is 0 Å². The highest BCUT2D eigenvalue weighted by Crippen LogP contribution is 2.53. The number of aryl methyl sites for hydroxylation is 1. The van der Waals surface area contributed by atoms with Crippen molar-refractivity contribution in [1.82, 2.24) is 19.9 Å². The van der Waals surface area contributed by atoms with Gasteiger partial charge in [-0.25, -0.2) is 0 Å². The van der Waals surface area contributed by atoms with Crippen LogP contribution in [0.5, 0.6) is 0 Å². The summed E-state index contributed by atoms with van der Waals surface area (Å²) in [4.78, 5) is 24.1. The average Bonchev–Trinajstić information content (AvgIpc) is 3.00. The molecule has 0 aromatic carbocycles. The van der Waals surface area contributed by atoms with Crippen molar-refractivity contribution in [1.29, 1.82) is 0 Å². The van der Waals surface area contributed by atoms with Crippen molar-refractivity contribution in [2.24, 2.45) is 17.8 Å². The van der Waals surface area contributed by atoms with E-state index in [0.29, 0.717) is 47.7 Å². The van der Waals surface area contributed by atoms with Gasteiger partial charge in [0.25, 0.3) is 0 Å². The van der Waals surface area contributed by atoms with E-state index in [0.717, 1.165) is 52.2 Å². The minimum Gasteiger partial charge on any atom is -0.377 e. The van der Waals surface area contributed by atoms with Gasteiger partial charge in [-0.05, 0) is 45.4 Å². The molecule has 3 saturated heterocycles. The van der Waals surface area contributed by atoms with Crippen LogP contribution in [-0.2, 0) is 9.53 Å². The van der Waals surface area contributed by atoms with Gasteiger partial charge in [-0.2, -0.15) is 4.98 Å². The number of carbonyl (C=O) groups is 1. The van der Waals surface area contributed by atoms with Gasteiger partial charge in [0.05, 0.1) is 25.3 Å². The fraction of sp³-hybridized carbons (Fsp3) is 0.850. The summed E-state index contributed by atoms with van der Waals surface area (Å²) < 4.78 is 11.3. The zero-order valence-corrected chi connectivity index (χ0v) is 17.1. The first-order chi connectivity index (χ1) is 13.6. The molecule has 154 valence electrons. The Kier molecular flexibility index (Phi) is 4.58. The van der Waals surface area contributed by atoms with Gasteiger partial charge in [0.2, 0.25) is 5.91 Å². The Morgan fingerprint density at radius 2 is 1.75 bits per heavy atom. The summed E-state index contributed by atoms with van der Waals surface area (Å²) in [5.41, 5.74) is 0.